The summed E-state index contributed by atoms with van der Waals surface area (Å²) in [6.07, 6.45) is 1.08. The van der Waals surface area contributed by atoms with Gasteiger partial charge in [-0.15, -0.1) is 0 Å². The summed E-state index contributed by atoms with van der Waals surface area (Å²) in [7, 11) is -4.24. The van der Waals surface area contributed by atoms with E-state index in [9.17, 15) is 18.0 Å². The fourth-order valence-electron chi connectivity index (χ4n) is 4.09. The van der Waals surface area contributed by atoms with E-state index < -0.39 is 28.5 Å². The SMILES string of the molecule is CCCNC(=O)[C@H](CC)N(Cc1ccccc1)C(=O)CN(c1cc(Cl)ccc1Cl)S(=O)(=O)c1ccc(C)cc1. The van der Waals surface area contributed by atoms with Gasteiger partial charge in [0.1, 0.15) is 12.6 Å². The van der Waals surface area contributed by atoms with Crippen molar-refractivity contribution in [1.29, 1.82) is 0 Å². The topological polar surface area (TPSA) is 86.8 Å². The highest BCUT2D eigenvalue weighted by atomic mass is 35.5. The lowest BCUT2D eigenvalue weighted by Crippen LogP contribution is -2.52. The first-order chi connectivity index (χ1) is 18.6. The van der Waals surface area contributed by atoms with Crippen LogP contribution in [-0.2, 0) is 26.2 Å². The second kappa shape index (κ2) is 13.8. The first-order valence-corrected chi connectivity index (χ1v) is 14.9. The molecule has 0 saturated heterocycles. The number of amides is 2. The van der Waals surface area contributed by atoms with Gasteiger partial charge >= 0.3 is 0 Å². The van der Waals surface area contributed by atoms with Gasteiger partial charge in [-0.25, -0.2) is 8.42 Å². The van der Waals surface area contributed by atoms with Gasteiger partial charge in [0.15, 0.2) is 0 Å². The fraction of sp³-hybridized carbons (Fsp3) is 0.310. The molecule has 1 N–H and O–H groups in total. The van der Waals surface area contributed by atoms with E-state index in [1.54, 1.807) is 18.2 Å². The lowest BCUT2D eigenvalue weighted by Gasteiger charge is -2.33. The van der Waals surface area contributed by atoms with Crippen LogP contribution < -0.4 is 9.62 Å². The Kier molecular flexibility index (Phi) is 10.8. The first kappa shape index (κ1) is 30.5. The second-order valence-corrected chi connectivity index (χ2v) is 11.8. The van der Waals surface area contributed by atoms with E-state index in [1.807, 2.05) is 51.1 Å². The van der Waals surface area contributed by atoms with Crippen LogP contribution in [0.1, 0.15) is 37.8 Å². The van der Waals surface area contributed by atoms with Gasteiger partial charge in [0.2, 0.25) is 11.8 Å². The fourth-order valence-corrected chi connectivity index (χ4v) is 5.95. The molecule has 0 aliphatic carbocycles. The van der Waals surface area contributed by atoms with E-state index in [0.29, 0.717) is 13.0 Å². The second-order valence-electron chi connectivity index (χ2n) is 9.14. The molecule has 2 amide bonds. The summed E-state index contributed by atoms with van der Waals surface area (Å²) in [6.45, 7) is 5.61. The highest BCUT2D eigenvalue weighted by molar-refractivity contribution is 7.92. The molecule has 0 aliphatic heterocycles. The molecular weight excluding hydrogens is 557 g/mol. The van der Waals surface area contributed by atoms with Crippen LogP contribution in [0, 0.1) is 6.92 Å². The molecule has 39 heavy (non-hydrogen) atoms. The van der Waals surface area contributed by atoms with Crippen LogP contribution >= 0.6 is 23.2 Å². The predicted octanol–water partition coefficient (Wildman–Crippen LogP) is 5.83. The molecule has 0 aliphatic rings. The maximum absolute atomic E-state index is 14.0. The highest BCUT2D eigenvalue weighted by Gasteiger charge is 2.34. The van der Waals surface area contributed by atoms with Crippen molar-refractivity contribution in [3.63, 3.8) is 0 Å². The van der Waals surface area contributed by atoms with Crippen molar-refractivity contribution >= 4 is 50.7 Å². The standard InChI is InChI=1S/C29H33Cl2N3O4S/c1-4-17-32-29(36)26(5-2)33(19-22-9-7-6-8-10-22)28(35)20-34(27-18-23(30)13-16-25(27)31)39(37,38)24-14-11-21(3)12-15-24/h6-16,18,26H,4-5,17,19-20H2,1-3H3,(H,32,36)/t26-/m0/s1. The molecule has 0 aromatic heterocycles. The number of hydrogen-bond acceptors (Lipinski definition) is 4. The van der Waals surface area contributed by atoms with Crippen LogP contribution in [0.2, 0.25) is 10.0 Å². The van der Waals surface area contributed by atoms with E-state index in [2.05, 4.69) is 5.32 Å². The number of carbonyl (C=O) groups is 2. The molecule has 0 spiro atoms. The quantitative estimate of drug-likeness (QED) is 0.288. The highest BCUT2D eigenvalue weighted by Crippen LogP contribution is 2.33. The number of carbonyl (C=O) groups excluding carboxylic acids is 2. The molecule has 0 unspecified atom stereocenters. The summed E-state index contributed by atoms with van der Waals surface area (Å²) in [5.41, 5.74) is 1.76. The molecule has 0 bridgehead atoms. The predicted molar refractivity (Wildman–Crippen MR) is 157 cm³/mol. The summed E-state index contributed by atoms with van der Waals surface area (Å²) < 4.78 is 28.8. The van der Waals surface area contributed by atoms with Gasteiger partial charge < -0.3 is 10.2 Å². The monoisotopic (exact) mass is 589 g/mol. The molecule has 3 aromatic carbocycles. The summed E-state index contributed by atoms with van der Waals surface area (Å²) in [4.78, 5) is 28.5. The van der Waals surface area contributed by atoms with E-state index in [1.165, 1.54) is 29.2 Å². The van der Waals surface area contributed by atoms with Gasteiger partial charge in [-0.2, -0.15) is 0 Å². The zero-order valence-electron chi connectivity index (χ0n) is 22.2. The summed E-state index contributed by atoms with van der Waals surface area (Å²) in [5.74, 6) is -0.846. The number of nitrogens with one attached hydrogen (secondary N) is 1. The minimum atomic E-state index is -4.24. The number of aryl methyl sites for hydroxylation is 1. The van der Waals surface area contributed by atoms with Crippen molar-refractivity contribution in [2.24, 2.45) is 0 Å². The smallest absolute Gasteiger partial charge is 0.264 e. The van der Waals surface area contributed by atoms with Crippen LogP contribution in [0.3, 0.4) is 0 Å². The van der Waals surface area contributed by atoms with Crippen LogP contribution in [0.4, 0.5) is 5.69 Å². The molecule has 0 heterocycles. The third kappa shape index (κ3) is 7.75. The van der Waals surface area contributed by atoms with Gasteiger partial charge in [0, 0.05) is 18.1 Å². The Morgan fingerprint density at radius 2 is 1.62 bits per heavy atom. The number of halogens is 2. The molecule has 0 radical (unpaired) electrons. The Morgan fingerprint density at radius 1 is 0.949 bits per heavy atom. The molecule has 10 heteroatoms. The molecule has 0 fully saturated rings. The summed E-state index contributed by atoms with van der Waals surface area (Å²) in [5, 5.41) is 3.24. The zero-order chi connectivity index (χ0) is 28.6. The van der Waals surface area contributed by atoms with Gasteiger partial charge in [0.05, 0.1) is 15.6 Å². The molecule has 1 atom stereocenters. The van der Waals surface area contributed by atoms with Crippen molar-refractivity contribution in [3.05, 3.63) is 94.0 Å². The van der Waals surface area contributed by atoms with Crippen molar-refractivity contribution in [2.45, 2.75) is 51.1 Å². The van der Waals surface area contributed by atoms with Crippen LogP contribution in [0.5, 0.6) is 0 Å². The van der Waals surface area contributed by atoms with Gasteiger partial charge in [-0.05, 0) is 55.7 Å². The number of sulfonamides is 1. The molecule has 3 rings (SSSR count). The van der Waals surface area contributed by atoms with Crippen LogP contribution in [-0.4, -0.2) is 44.3 Å². The average molecular weight is 591 g/mol. The molecular formula is C29H33Cl2N3O4S. The average Bonchev–Trinajstić information content (AvgIpc) is 2.92. The first-order valence-electron chi connectivity index (χ1n) is 12.7. The van der Waals surface area contributed by atoms with E-state index in [-0.39, 0.29) is 33.1 Å². The van der Waals surface area contributed by atoms with Crippen molar-refractivity contribution in [2.75, 3.05) is 17.4 Å². The number of anilines is 1. The Morgan fingerprint density at radius 3 is 2.23 bits per heavy atom. The Balaban J connectivity index is 2.08. The van der Waals surface area contributed by atoms with Gasteiger partial charge in [-0.3, -0.25) is 13.9 Å². The largest absolute Gasteiger partial charge is 0.354 e. The molecule has 7 nitrogen and oxygen atoms in total. The van der Waals surface area contributed by atoms with Crippen LogP contribution in [0.15, 0.2) is 77.7 Å². The number of nitrogens with zero attached hydrogens (tertiary/aromatic N) is 2. The van der Waals surface area contributed by atoms with Crippen molar-refractivity contribution in [3.8, 4) is 0 Å². The van der Waals surface area contributed by atoms with Gasteiger partial charge in [-0.1, -0.05) is 85.1 Å². The Bertz CT molecular complexity index is 1380. The van der Waals surface area contributed by atoms with E-state index >= 15 is 0 Å². The number of benzene rings is 3. The van der Waals surface area contributed by atoms with E-state index in [0.717, 1.165) is 21.9 Å². The summed E-state index contributed by atoms with van der Waals surface area (Å²) >= 11 is 12.7. The number of rotatable bonds is 12. The normalized spacial score (nSPS) is 12.0. The van der Waals surface area contributed by atoms with E-state index in [4.69, 9.17) is 23.2 Å². The maximum atomic E-state index is 14.0. The third-order valence-electron chi connectivity index (χ3n) is 6.20. The summed E-state index contributed by atoms with van der Waals surface area (Å²) in [6, 6.07) is 19.2. The minimum absolute atomic E-state index is 0.000665. The van der Waals surface area contributed by atoms with Gasteiger partial charge in [0.25, 0.3) is 10.0 Å². The minimum Gasteiger partial charge on any atom is -0.354 e. The van der Waals surface area contributed by atoms with Crippen LogP contribution in [0.25, 0.3) is 0 Å². The Labute approximate surface area is 240 Å². The number of hydrogen-bond donors (Lipinski definition) is 1. The Hall–Kier alpha value is -3.07. The molecule has 0 saturated carbocycles. The third-order valence-corrected chi connectivity index (χ3v) is 8.52. The molecule has 208 valence electrons. The lowest BCUT2D eigenvalue weighted by molar-refractivity contribution is -0.140. The molecule has 3 aromatic rings. The van der Waals surface area contributed by atoms with Crippen molar-refractivity contribution in [1.82, 2.24) is 10.2 Å². The zero-order valence-corrected chi connectivity index (χ0v) is 24.6. The maximum Gasteiger partial charge on any atom is 0.264 e. The lowest BCUT2D eigenvalue weighted by atomic mass is 10.1. The van der Waals surface area contributed by atoms with Crippen molar-refractivity contribution < 1.29 is 18.0 Å².